The van der Waals surface area contributed by atoms with Crippen molar-refractivity contribution in [1.82, 2.24) is 0 Å². The van der Waals surface area contributed by atoms with E-state index in [1.165, 1.54) is 56.5 Å². The Bertz CT molecular complexity index is 1520. The van der Waals surface area contributed by atoms with E-state index >= 15 is 0 Å². The van der Waals surface area contributed by atoms with Crippen LogP contribution >= 0.6 is 11.6 Å². The third kappa shape index (κ3) is 6.73. The number of halogens is 1. The molecule has 37 heavy (non-hydrogen) atoms. The highest BCUT2D eigenvalue weighted by atomic mass is 35.5. The first-order valence-corrected chi connectivity index (χ1v) is 14.8. The fourth-order valence-corrected chi connectivity index (χ4v) is 6.05. The standard InChI is InChI=1S/C25H28ClN3O6S2/c1-16-6-7-20(14-17(16)2)28-37(33,34)22-11-8-19(9-12-22)27-25(30)18(3)29(36(5,31)32)21-10-13-24(35-4)23(26)15-21/h6-15,18,28H,1-5H3,(H,27,30). The second kappa shape index (κ2) is 11.0. The van der Waals surface area contributed by atoms with Crippen molar-refractivity contribution in [2.75, 3.05) is 27.7 Å². The van der Waals surface area contributed by atoms with Gasteiger partial charge in [-0.2, -0.15) is 0 Å². The second-order valence-electron chi connectivity index (χ2n) is 8.47. The van der Waals surface area contributed by atoms with Gasteiger partial charge in [-0.25, -0.2) is 16.8 Å². The quantitative estimate of drug-likeness (QED) is 0.392. The Morgan fingerprint density at radius 2 is 1.54 bits per heavy atom. The van der Waals surface area contributed by atoms with Crippen molar-refractivity contribution in [3.05, 3.63) is 76.8 Å². The highest BCUT2D eigenvalue weighted by molar-refractivity contribution is 7.92. The summed E-state index contributed by atoms with van der Waals surface area (Å²) >= 11 is 6.15. The van der Waals surface area contributed by atoms with Crippen LogP contribution in [0.3, 0.4) is 0 Å². The Kier molecular flexibility index (Phi) is 8.41. The number of sulfonamides is 2. The number of rotatable bonds is 9. The van der Waals surface area contributed by atoms with Crippen molar-refractivity contribution < 1.29 is 26.4 Å². The molecule has 1 unspecified atom stereocenters. The molecule has 0 saturated carbocycles. The zero-order valence-electron chi connectivity index (χ0n) is 20.9. The van der Waals surface area contributed by atoms with Gasteiger partial charge in [-0.05, 0) is 86.5 Å². The SMILES string of the molecule is COc1ccc(N(C(C)C(=O)Nc2ccc(S(=O)(=O)Nc3ccc(C)c(C)c3)cc2)S(C)(=O)=O)cc1Cl. The molecule has 0 bridgehead atoms. The molecule has 1 atom stereocenters. The normalized spacial score (nSPS) is 12.5. The van der Waals surface area contributed by atoms with Gasteiger partial charge in [-0.15, -0.1) is 0 Å². The molecule has 1 amide bonds. The highest BCUT2D eigenvalue weighted by Gasteiger charge is 2.30. The molecule has 2 N–H and O–H groups in total. The van der Waals surface area contributed by atoms with E-state index in [0.717, 1.165) is 21.7 Å². The zero-order chi connectivity index (χ0) is 27.5. The fourth-order valence-electron chi connectivity index (χ4n) is 3.58. The predicted octanol–water partition coefficient (Wildman–Crippen LogP) is 4.56. The van der Waals surface area contributed by atoms with Gasteiger partial charge >= 0.3 is 0 Å². The Morgan fingerprint density at radius 1 is 0.919 bits per heavy atom. The molecule has 0 aromatic heterocycles. The van der Waals surface area contributed by atoms with Crippen LogP contribution in [-0.4, -0.2) is 42.2 Å². The van der Waals surface area contributed by atoms with Crippen molar-refractivity contribution >= 4 is 54.6 Å². The summed E-state index contributed by atoms with van der Waals surface area (Å²) in [5.41, 5.74) is 2.92. The largest absolute Gasteiger partial charge is 0.495 e. The van der Waals surface area contributed by atoms with Crippen LogP contribution < -0.4 is 19.1 Å². The van der Waals surface area contributed by atoms with Crippen LogP contribution in [0.15, 0.2) is 65.6 Å². The van der Waals surface area contributed by atoms with Gasteiger partial charge < -0.3 is 10.1 Å². The lowest BCUT2D eigenvalue weighted by Crippen LogP contribution is -2.45. The number of carbonyl (C=O) groups is 1. The number of carbonyl (C=O) groups excluding carboxylic acids is 1. The summed E-state index contributed by atoms with van der Waals surface area (Å²) in [4.78, 5) is 13.0. The minimum absolute atomic E-state index is 0.00223. The maximum atomic E-state index is 13.0. The Hall–Kier alpha value is -3.28. The minimum atomic E-state index is -3.87. The van der Waals surface area contributed by atoms with Gasteiger partial charge in [-0.3, -0.25) is 13.8 Å². The van der Waals surface area contributed by atoms with Gasteiger partial charge in [0.1, 0.15) is 11.8 Å². The lowest BCUT2D eigenvalue weighted by Gasteiger charge is -2.28. The Labute approximate surface area is 222 Å². The van der Waals surface area contributed by atoms with Gasteiger partial charge in [0.05, 0.1) is 29.0 Å². The molecule has 0 aliphatic rings. The molecule has 0 saturated heterocycles. The van der Waals surface area contributed by atoms with Crippen LogP contribution in [0, 0.1) is 13.8 Å². The molecule has 9 nitrogen and oxygen atoms in total. The molecule has 3 rings (SSSR count). The lowest BCUT2D eigenvalue weighted by atomic mass is 10.1. The molecule has 0 fully saturated rings. The number of aryl methyl sites for hydroxylation is 2. The zero-order valence-corrected chi connectivity index (χ0v) is 23.3. The Morgan fingerprint density at radius 3 is 2.08 bits per heavy atom. The molecule has 0 radical (unpaired) electrons. The monoisotopic (exact) mass is 565 g/mol. The number of anilines is 3. The van der Waals surface area contributed by atoms with E-state index < -0.39 is 32.0 Å². The van der Waals surface area contributed by atoms with E-state index in [4.69, 9.17) is 16.3 Å². The van der Waals surface area contributed by atoms with Gasteiger partial charge in [0.15, 0.2) is 0 Å². The lowest BCUT2D eigenvalue weighted by molar-refractivity contribution is -0.116. The summed E-state index contributed by atoms with van der Waals surface area (Å²) in [6.07, 6.45) is 0.983. The summed E-state index contributed by atoms with van der Waals surface area (Å²) in [6.45, 7) is 5.25. The number of nitrogens with zero attached hydrogens (tertiary/aromatic N) is 1. The summed E-state index contributed by atoms with van der Waals surface area (Å²) in [5.74, 6) is -0.265. The molecular formula is C25H28ClN3O6S2. The van der Waals surface area contributed by atoms with E-state index in [0.29, 0.717) is 17.1 Å². The highest BCUT2D eigenvalue weighted by Crippen LogP contribution is 2.31. The summed E-state index contributed by atoms with van der Waals surface area (Å²) < 4.78 is 59.2. The number of methoxy groups -OCH3 is 1. The van der Waals surface area contributed by atoms with Crippen molar-refractivity contribution in [3.63, 3.8) is 0 Å². The Balaban J connectivity index is 1.78. The summed E-state index contributed by atoms with van der Waals surface area (Å²) in [7, 11) is -6.29. The average Bonchev–Trinajstić information content (AvgIpc) is 2.81. The van der Waals surface area contributed by atoms with Crippen LogP contribution in [0.1, 0.15) is 18.1 Å². The molecule has 0 spiro atoms. The molecule has 0 heterocycles. The van der Waals surface area contributed by atoms with Crippen molar-refractivity contribution in [2.24, 2.45) is 0 Å². The topological polar surface area (TPSA) is 122 Å². The van der Waals surface area contributed by atoms with Gasteiger partial charge in [0.25, 0.3) is 10.0 Å². The van der Waals surface area contributed by atoms with Crippen molar-refractivity contribution in [2.45, 2.75) is 31.7 Å². The van der Waals surface area contributed by atoms with Gasteiger partial charge in [0, 0.05) is 11.4 Å². The van der Waals surface area contributed by atoms with Crippen molar-refractivity contribution in [3.8, 4) is 5.75 Å². The third-order valence-electron chi connectivity index (χ3n) is 5.67. The first-order chi connectivity index (χ1) is 17.2. The van der Waals surface area contributed by atoms with Gasteiger partial charge in [0.2, 0.25) is 15.9 Å². The van der Waals surface area contributed by atoms with Crippen LogP contribution in [0.2, 0.25) is 5.02 Å². The maximum Gasteiger partial charge on any atom is 0.261 e. The number of amides is 1. The molecule has 198 valence electrons. The van der Waals surface area contributed by atoms with Crippen LogP contribution in [0.25, 0.3) is 0 Å². The number of ether oxygens (including phenoxy) is 1. The number of hydrogen-bond acceptors (Lipinski definition) is 6. The maximum absolute atomic E-state index is 13.0. The first kappa shape index (κ1) is 28.3. The van der Waals surface area contributed by atoms with E-state index in [-0.39, 0.29) is 15.6 Å². The second-order valence-corrected chi connectivity index (χ2v) is 12.4. The third-order valence-corrected chi connectivity index (χ3v) is 8.60. The number of benzene rings is 3. The molecule has 0 aliphatic carbocycles. The molecular weight excluding hydrogens is 538 g/mol. The average molecular weight is 566 g/mol. The molecule has 3 aromatic rings. The number of hydrogen-bond donors (Lipinski definition) is 2. The smallest absolute Gasteiger partial charge is 0.261 e. The van der Waals surface area contributed by atoms with E-state index in [1.54, 1.807) is 12.1 Å². The summed E-state index contributed by atoms with van der Waals surface area (Å²) in [6, 6.07) is 14.0. The van der Waals surface area contributed by atoms with E-state index in [9.17, 15) is 21.6 Å². The van der Waals surface area contributed by atoms with E-state index in [1.807, 2.05) is 19.9 Å². The first-order valence-electron chi connectivity index (χ1n) is 11.1. The van der Waals surface area contributed by atoms with E-state index in [2.05, 4.69) is 10.0 Å². The van der Waals surface area contributed by atoms with Crippen LogP contribution in [-0.2, 0) is 24.8 Å². The van der Waals surface area contributed by atoms with Crippen LogP contribution in [0.4, 0.5) is 17.1 Å². The molecule has 3 aromatic carbocycles. The molecule has 0 aliphatic heterocycles. The minimum Gasteiger partial charge on any atom is -0.495 e. The van der Waals surface area contributed by atoms with Crippen LogP contribution in [0.5, 0.6) is 5.75 Å². The summed E-state index contributed by atoms with van der Waals surface area (Å²) in [5, 5.41) is 2.81. The fraction of sp³-hybridized carbons (Fsp3) is 0.240. The predicted molar refractivity (Wildman–Crippen MR) is 147 cm³/mol. The number of nitrogens with one attached hydrogen (secondary N) is 2. The molecule has 12 heteroatoms. The van der Waals surface area contributed by atoms with Gasteiger partial charge in [-0.1, -0.05) is 17.7 Å². The van der Waals surface area contributed by atoms with Crippen molar-refractivity contribution in [1.29, 1.82) is 0 Å².